The molecular formula is C68H78F4N26O24. The Hall–Kier alpha value is -13.4. The molecule has 50 nitrogen and oxygen atoms in total. The number of aliphatic hydroxyl groups is 8. The predicted molar refractivity (Wildman–Crippen MR) is 406 cm³/mol. The van der Waals surface area contributed by atoms with Gasteiger partial charge in [0.2, 0.25) is 22.9 Å². The number of ether oxygens (including phenoxy) is 8. The zero-order chi connectivity index (χ0) is 88.6. The van der Waals surface area contributed by atoms with E-state index in [2.05, 4.69) is 96.0 Å². The van der Waals surface area contributed by atoms with Crippen LogP contribution in [0.5, 0.6) is 0 Å². The number of carbonyl (C=O) groups excluding carboxylic acids is 4. The molecule has 0 amide bonds. The number of anilines is 4. The van der Waals surface area contributed by atoms with Gasteiger partial charge in [0.05, 0.1) is 38.5 Å². The molecule has 0 spiro atoms. The lowest BCUT2D eigenvalue weighted by atomic mass is 10.1. The highest BCUT2D eigenvalue weighted by molar-refractivity contribution is 5.81. The van der Waals surface area contributed by atoms with E-state index in [4.69, 9.17) is 55.3 Å². The Kier molecular flexibility index (Phi) is 31.8. The van der Waals surface area contributed by atoms with Gasteiger partial charge in [0.1, 0.15) is 60.9 Å². The van der Waals surface area contributed by atoms with Crippen molar-refractivity contribution in [1.29, 1.82) is 0 Å². The molecular weight excluding hydrogens is 1640 g/mol. The molecule has 2 aromatic carbocycles. The number of aromatic nitrogens is 10. The number of aromatic amines is 2. The molecule has 4 fully saturated rings. The lowest BCUT2D eigenvalue weighted by molar-refractivity contribution is -0.133. The normalized spacial score (nSPS) is 26.4. The molecule has 6 aromatic heterocycles. The highest BCUT2D eigenvalue weighted by atomic mass is 19.1. The summed E-state index contributed by atoms with van der Waals surface area (Å²) in [5, 5.41) is 104. The van der Waals surface area contributed by atoms with E-state index >= 15 is 0 Å². The van der Waals surface area contributed by atoms with E-state index in [1.807, 2.05) is 67.6 Å². The molecule has 8 aromatic rings. The Balaban J connectivity index is 0.000000186. The van der Waals surface area contributed by atoms with Crippen LogP contribution in [-0.4, -0.2) is 251 Å². The van der Waals surface area contributed by atoms with Crippen LogP contribution in [0.25, 0.3) is 63.6 Å². The fourth-order valence-corrected chi connectivity index (χ4v) is 12.8. The van der Waals surface area contributed by atoms with E-state index in [-0.39, 0.29) is 61.9 Å². The van der Waals surface area contributed by atoms with Crippen LogP contribution in [-0.2, 0) is 69.9 Å². The second-order valence-corrected chi connectivity index (χ2v) is 26.6. The molecule has 4 saturated heterocycles. The summed E-state index contributed by atoms with van der Waals surface area (Å²) in [5.41, 5.74) is 25.1. The van der Waals surface area contributed by atoms with Crippen LogP contribution in [0.1, 0.15) is 63.0 Å². The van der Waals surface area contributed by atoms with Gasteiger partial charge >= 0.3 is 22.8 Å². The van der Waals surface area contributed by atoms with Crippen molar-refractivity contribution in [3.8, 4) is 0 Å². The number of para-hydroxylation sites is 2. The third kappa shape index (κ3) is 20.9. The van der Waals surface area contributed by atoms with Crippen LogP contribution < -0.4 is 44.0 Å². The van der Waals surface area contributed by atoms with Gasteiger partial charge in [-0.25, -0.2) is 36.7 Å². The number of alkyl halides is 4. The van der Waals surface area contributed by atoms with Crippen molar-refractivity contribution in [2.24, 2.45) is 20.5 Å². The Labute approximate surface area is 679 Å². The molecule has 652 valence electrons. The van der Waals surface area contributed by atoms with E-state index < -0.39 is 165 Å². The summed E-state index contributed by atoms with van der Waals surface area (Å²) >= 11 is 0. The zero-order valence-electron chi connectivity index (χ0n) is 63.6. The van der Waals surface area contributed by atoms with Crippen molar-refractivity contribution in [3.05, 3.63) is 205 Å². The number of H-pyrrole nitrogens is 2. The van der Waals surface area contributed by atoms with Gasteiger partial charge in [-0.1, -0.05) is 70.7 Å². The number of carbonyl (C=O) groups is 4. The first-order chi connectivity index (χ1) is 58.6. The van der Waals surface area contributed by atoms with Crippen molar-refractivity contribution in [1.82, 2.24) is 48.2 Å². The van der Waals surface area contributed by atoms with E-state index in [0.717, 1.165) is 63.9 Å². The van der Waals surface area contributed by atoms with E-state index in [1.165, 1.54) is 36.7 Å². The maximum atomic E-state index is 14.7. The molecule has 0 saturated carbocycles. The van der Waals surface area contributed by atoms with Crippen LogP contribution in [0.15, 0.2) is 149 Å². The third-order valence-electron chi connectivity index (χ3n) is 19.0. The molecule has 0 aliphatic carbocycles. The summed E-state index contributed by atoms with van der Waals surface area (Å²) in [6.07, 6.45) is -18.7. The number of hydrogen-bond acceptors (Lipinski definition) is 36. The Morgan fingerprint density at radius 2 is 0.762 bits per heavy atom. The van der Waals surface area contributed by atoms with Crippen LogP contribution in [0.2, 0.25) is 0 Å². The fraction of sp³-hybridized carbons (Fsp3) is 0.471. The van der Waals surface area contributed by atoms with Gasteiger partial charge in [-0.15, -0.1) is 0 Å². The van der Waals surface area contributed by atoms with Crippen LogP contribution >= 0.6 is 0 Å². The maximum absolute atomic E-state index is 14.7. The van der Waals surface area contributed by atoms with Crippen molar-refractivity contribution >= 4 is 71.0 Å². The highest BCUT2D eigenvalue weighted by Gasteiger charge is 2.59. The van der Waals surface area contributed by atoms with Crippen LogP contribution in [0.4, 0.5) is 40.8 Å². The van der Waals surface area contributed by atoms with Gasteiger partial charge < -0.3 is 110 Å². The zero-order valence-corrected chi connectivity index (χ0v) is 63.6. The molecule has 122 heavy (non-hydrogen) atoms. The molecule has 10 heterocycles. The Bertz CT molecular complexity index is 5340. The van der Waals surface area contributed by atoms with Crippen molar-refractivity contribution < 1.29 is 115 Å². The number of nitrogens with one attached hydrogen (secondary N) is 6. The number of hydrogen-bond donors (Lipinski definition) is 14. The number of halogens is 4. The monoisotopic (exact) mass is 1720 g/mol. The molecule has 8 unspecified atom stereocenters. The maximum Gasteiger partial charge on any atom is 0.351 e. The molecule has 12 rings (SSSR count). The molecule has 20 atom stereocenters. The Morgan fingerprint density at radius 3 is 1.06 bits per heavy atom. The smallest absolute Gasteiger partial charge is 0.351 e. The van der Waals surface area contributed by atoms with Gasteiger partial charge in [0.25, 0.3) is 25.9 Å². The van der Waals surface area contributed by atoms with E-state index in [1.54, 1.807) is 6.92 Å². The van der Waals surface area contributed by atoms with Crippen molar-refractivity contribution in [3.63, 3.8) is 0 Å². The number of aliphatic hydroxyl groups excluding tert-OH is 8. The topological polar surface area (TPSA) is 718 Å². The van der Waals surface area contributed by atoms with Gasteiger partial charge in [0, 0.05) is 86.1 Å². The summed E-state index contributed by atoms with van der Waals surface area (Å²) in [6, 6.07) is 23.7. The summed E-state index contributed by atoms with van der Waals surface area (Å²) in [5.74, 6) is 0.383. The summed E-state index contributed by atoms with van der Waals surface area (Å²) in [4.78, 5) is 123. The molecule has 14 N–H and O–H groups in total. The number of benzene rings is 2. The van der Waals surface area contributed by atoms with E-state index in [9.17, 15) is 96.8 Å². The van der Waals surface area contributed by atoms with Crippen LogP contribution in [0, 0.1) is 0 Å². The van der Waals surface area contributed by atoms with Gasteiger partial charge in [-0.05, 0) is 87.8 Å². The van der Waals surface area contributed by atoms with Gasteiger partial charge in [0.15, 0.2) is 62.1 Å². The van der Waals surface area contributed by atoms with E-state index in [0.29, 0.717) is 32.2 Å². The van der Waals surface area contributed by atoms with Gasteiger partial charge in [-0.3, -0.25) is 37.4 Å². The van der Waals surface area contributed by atoms with Crippen molar-refractivity contribution in [2.75, 3.05) is 60.9 Å². The lowest BCUT2D eigenvalue weighted by Crippen LogP contribution is -2.43. The van der Waals surface area contributed by atoms with Crippen LogP contribution in [0.3, 0.4) is 0 Å². The summed E-state index contributed by atoms with van der Waals surface area (Å²) < 4.78 is 101. The molecule has 0 bridgehead atoms. The summed E-state index contributed by atoms with van der Waals surface area (Å²) in [6.45, 7) is 0.764. The number of rotatable bonds is 36. The molecule has 54 heteroatoms. The second-order valence-electron chi connectivity index (χ2n) is 26.6. The SMILES string of the molecule is CC[C@@H](COC=O)Nc1ccn(C2O[C@@](CO)(N=[N+]=[N-])C(O)[C@@H]2F)c(=O)n1.CC[C@H](Nc1ccn(C2O[C@@](CO)(N=[N+]=[N-])C(O)[C@@H]2F)c(=O)n1)OC=O.[N-]=[N+]=N[C@]1(CO)OC(n2ccc(N[C@@H](COC=O)Cc3cc4ccccc4[nH]3)nc2=O)[C@@H](F)C1O.[N-]=[N+]=N[C@]1(CO)OC(n2ccc(N[C@H](Cc3cc4ccccc4[nH]3)OC=O)nc2=O)[C@@H](F)C1O. The lowest BCUT2D eigenvalue weighted by Gasteiger charge is -2.23. The van der Waals surface area contributed by atoms with Crippen molar-refractivity contribution in [2.45, 2.75) is 161 Å². The quantitative estimate of drug-likeness (QED) is 0.00507. The number of nitrogens with zero attached hydrogens (tertiary/aromatic N) is 20. The largest absolute Gasteiger partial charge is 0.466 e. The average molecular weight is 1720 g/mol. The molecule has 4 aliphatic heterocycles. The standard InChI is InChI=1S/C21H22FN7O6.C20H20FN7O6.C14H19FN6O6.C13H17FN6O6/c22-17-18(32)21(10-30,27-28-23)35-19(17)29-6-5-16(26-20(29)33)25-14(9-34-11-31)8-13-7-12-3-1-2-4-15(12)24-13;21-16-17(31)20(9-29,26-27-22)34-18(16)28-6-5-14(25-19(28)32)24-15(33-10-30)8-12-7-11-3-1-2-4-13(11)23-12;1-2-8(5-26-7-23)17-9-3-4-21(13(25)18-9)12-10(15)11(24)14(6-22,27-12)19-20-16;1-2-8(25-6-22)16-7-3-4-20(12(24)17-7)11-9(14)10(23)13(5-21,26-11)18-19-15/h1-7,11,14,17-19,24,30,32H,8-10H2,(H,25,26,33);1-7,10,15-18,23,29,31H,8-9H2,(H,24,25,32);3-4,7-8,10-12,22,24H,2,5-6H2,1H3,(H,17,18,25);3-4,6,8-11,21,23H,2,5H2,1H3,(H,16,17,24)/t14-,17+,18?,19?,21-;15-,16-,17?,18?,20+;8-,10-,11?,12?,14+;8-,9+,10?,11?,13-/m1001/s1. The fourth-order valence-electron chi connectivity index (χ4n) is 12.8. The highest BCUT2D eigenvalue weighted by Crippen LogP contribution is 2.43. The minimum atomic E-state index is -2.28. The minimum absolute atomic E-state index is 0.0146. The Morgan fingerprint density at radius 1 is 0.459 bits per heavy atom. The minimum Gasteiger partial charge on any atom is -0.466 e. The predicted octanol–water partition coefficient (Wildman–Crippen LogP) is 1.88. The number of azide groups is 4. The summed E-state index contributed by atoms with van der Waals surface area (Å²) in [7, 11) is 0. The average Bonchev–Trinajstić information content (AvgIpc) is 1.63. The first-order valence-electron chi connectivity index (χ1n) is 36.2. The first kappa shape index (κ1) is 92.5. The molecule has 0 radical (unpaired) electrons. The number of fused-ring (bicyclic) bond motifs is 2. The van der Waals surface area contributed by atoms with Gasteiger partial charge in [-0.2, -0.15) is 19.9 Å². The first-order valence-corrected chi connectivity index (χ1v) is 36.2. The third-order valence-corrected chi connectivity index (χ3v) is 19.0. The second kappa shape index (κ2) is 42.0. The molecule has 4 aliphatic rings.